The first-order valence-electron chi connectivity index (χ1n) is 11.8. The van der Waals surface area contributed by atoms with Crippen molar-refractivity contribution in [2.24, 2.45) is 0 Å². The standard InChI is InChI=1S/C27H38BBrO2Si/c1-18(2)32(19(3)4,20(5)6)15-14-22-17-23(16-21-12-11-13-24(29)25(21)22)28-30-26(7,8)27(9,10)31-28/h11-13,16-20H,1-10H3. The second-order valence-electron chi connectivity index (χ2n) is 11.1. The molecular formula is C27H38BBrO2Si. The van der Waals surface area contributed by atoms with Gasteiger partial charge in [0.2, 0.25) is 0 Å². The summed E-state index contributed by atoms with van der Waals surface area (Å²) in [4.78, 5) is 0. The maximum atomic E-state index is 6.37. The summed E-state index contributed by atoms with van der Waals surface area (Å²) >= 11 is 3.78. The Morgan fingerprint density at radius 2 is 1.41 bits per heavy atom. The summed E-state index contributed by atoms with van der Waals surface area (Å²) in [5.74, 6) is 3.69. The van der Waals surface area contributed by atoms with E-state index in [0.29, 0.717) is 16.6 Å². The molecule has 1 aliphatic rings. The Balaban J connectivity index is 2.21. The molecule has 0 amide bonds. The van der Waals surface area contributed by atoms with Crippen LogP contribution in [0.4, 0.5) is 0 Å². The average molecular weight is 513 g/mol. The fourth-order valence-corrected chi connectivity index (χ4v) is 11.0. The van der Waals surface area contributed by atoms with Crippen molar-refractivity contribution >= 4 is 47.4 Å². The highest BCUT2D eigenvalue weighted by atomic mass is 79.9. The fourth-order valence-electron chi connectivity index (χ4n) is 5.23. The third-order valence-electron chi connectivity index (χ3n) is 7.75. The molecule has 2 nitrogen and oxygen atoms in total. The number of halogens is 1. The van der Waals surface area contributed by atoms with Crippen LogP contribution in [0.2, 0.25) is 16.6 Å². The molecule has 0 N–H and O–H groups in total. The highest BCUT2D eigenvalue weighted by Crippen LogP contribution is 2.41. The molecule has 1 saturated heterocycles. The van der Waals surface area contributed by atoms with Crippen molar-refractivity contribution in [3.05, 3.63) is 40.4 Å². The van der Waals surface area contributed by atoms with Crippen LogP contribution in [0.3, 0.4) is 0 Å². The van der Waals surface area contributed by atoms with Crippen molar-refractivity contribution in [3.8, 4) is 11.5 Å². The molecule has 0 aliphatic carbocycles. The van der Waals surface area contributed by atoms with E-state index in [1.165, 1.54) is 5.39 Å². The molecule has 2 aromatic rings. The van der Waals surface area contributed by atoms with E-state index in [1.807, 2.05) is 0 Å². The van der Waals surface area contributed by atoms with Crippen LogP contribution in [-0.2, 0) is 9.31 Å². The average Bonchev–Trinajstić information content (AvgIpc) is 2.88. The molecule has 0 saturated carbocycles. The summed E-state index contributed by atoms with van der Waals surface area (Å²) in [6.07, 6.45) is 0. The first-order valence-corrected chi connectivity index (χ1v) is 14.9. The molecule has 5 heteroatoms. The summed E-state index contributed by atoms with van der Waals surface area (Å²) in [5.41, 5.74) is 7.03. The molecule has 0 aromatic heterocycles. The SMILES string of the molecule is CC(C)[Si](C#Cc1cc(B2OC(C)(C)C(C)(C)O2)cc2cccc(Br)c12)(C(C)C)C(C)C. The summed E-state index contributed by atoms with van der Waals surface area (Å²) < 4.78 is 13.8. The molecule has 0 atom stereocenters. The van der Waals surface area contributed by atoms with Gasteiger partial charge < -0.3 is 9.31 Å². The zero-order valence-corrected chi connectivity index (χ0v) is 24.0. The molecule has 172 valence electrons. The number of benzene rings is 2. The van der Waals surface area contributed by atoms with E-state index in [-0.39, 0.29) is 11.2 Å². The maximum absolute atomic E-state index is 6.37. The molecule has 0 unspecified atom stereocenters. The largest absolute Gasteiger partial charge is 0.494 e. The second kappa shape index (κ2) is 8.95. The minimum absolute atomic E-state index is 0.370. The van der Waals surface area contributed by atoms with Crippen molar-refractivity contribution in [2.45, 2.75) is 97.1 Å². The molecule has 3 rings (SSSR count). The minimum Gasteiger partial charge on any atom is -0.399 e. The van der Waals surface area contributed by atoms with E-state index in [9.17, 15) is 0 Å². The lowest BCUT2D eigenvalue weighted by Crippen LogP contribution is -2.43. The highest BCUT2D eigenvalue weighted by Gasteiger charge is 2.51. The van der Waals surface area contributed by atoms with Gasteiger partial charge in [0.25, 0.3) is 0 Å². The molecule has 0 spiro atoms. The third-order valence-corrected chi connectivity index (χ3v) is 14.7. The van der Waals surface area contributed by atoms with Gasteiger partial charge in [-0.05, 0) is 67.3 Å². The summed E-state index contributed by atoms with van der Waals surface area (Å²) in [7, 11) is -2.25. The van der Waals surface area contributed by atoms with Crippen LogP contribution < -0.4 is 5.46 Å². The maximum Gasteiger partial charge on any atom is 0.494 e. The van der Waals surface area contributed by atoms with E-state index in [1.54, 1.807) is 0 Å². The molecular weight excluding hydrogens is 475 g/mol. The van der Waals surface area contributed by atoms with Crippen molar-refractivity contribution in [3.63, 3.8) is 0 Å². The number of hydrogen-bond acceptors (Lipinski definition) is 2. The van der Waals surface area contributed by atoms with Gasteiger partial charge >= 0.3 is 7.12 Å². The minimum atomic E-state index is -1.85. The van der Waals surface area contributed by atoms with Crippen molar-refractivity contribution in [1.29, 1.82) is 0 Å². The number of rotatable bonds is 4. The van der Waals surface area contributed by atoms with Crippen LogP contribution in [0.25, 0.3) is 10.8 Å². The first kappa shape index (κ1) is 25.6. The van der Waals surface area contributed by atoms with Crippen LogP contribution in [0, 0.1) is 11.5 Å². The quantitative estimate of drug-likeness (QED) is 0.312. The Hall–Kier alpha value is -1.06. The third kappa shape index (κ3) is 4.37. The monoisotopic (exact) mass is 512 g/mol. The lowest BCUT2D eigenvalue weighted by atomic mass is 9.77. The Morgan fingerprint density at radius 3 is 1.91 bits per heavy atom. The van der Waals surface area contributed by atoms with Crippen LogP contribution in [0.5, 0.6) is 0 Å². The second-order valence-corrected chi connectivity index (χ2v) is 17.6. The summed E-state index contributed by atoms with van der Waals surface area (Å²) in [6.45, 7) is 22.5. The molecule has 1 heterocycles. The fraction of sp³-hybridized carbons (Fsp3) is 0.556. The smallest absolute Gasteiger partial charge is 0.399 e. The molecule has 2 aromatic carbocycles. The van der Waals surface area contributed by atoms with E-state index < -0.39 is 15.2 Å². The molecule has 32 heavy (non-hydrogen) atoms. The van der Waals surface area contributed by atoms with Gasteiger partial charge in [-0.1, -0.05) is 81.6 Å². The Bertz CT molecular complexity index is 1020. The van der Waals surface area contributed by atoms with Crippen LogP contribution in [-0.4, -0.2) is 26.4 Å². The Kier molecular flexibility index (Phi) is 7.15. The van der Waals surface area contributed by atoms with Gasteiger partial charge in [-0.2, -0.15) is 0 Å². The topological polar surface area (TPSA) is 18.5 Å². The predicted molar refractivity (Wildman–Crippen MR) is 145 cm³/mol. The van der Waals surface area contributed by atoms with Gasteiger partial charge in [-0.15, -0.1) is 5.54 Å². The van der Waals surface area contributed by atoms with Gasteiger partial charge in [0.1, 0.15) is 8.07 Å². The van der Waals surface area contributed by atoms with Gasteiger partial charge in [0, 0.05) is 15.4 Å². The van der Waals surface area contributed by atoms with Crippen LogP contribution >= 0.6 is 15.9 Å². The van der Waals surface area contributed by atoms with E-state index in [0.717, 1.165) is 20.9 Å². The van der Waals surface area contributed by atoms with Gasteiger partial charge in [-0.3, -0.25) is 0 Å². The lowest BCUT2D eigenvalue weighted by molar-refractivity contribution is 0.00578. The van der Waals surface area contributed by atoms with E-state index in [4.69, 9.17) is 9.31 Å². The lowest BCUT2D eigenvalue weighted by Gasteiger charge is -2.38. The van der Waals surface area contributed by atoms with Crippen LogP contribution in [0.15, 0.2) is 34.8 Å². The predicted octanol–water partition coefficient (Wildman–Crippen LogP) is 7.47. The zero-order chi connectivity index (χ0) is 24.1. The molecule has 1 fully saturated rings. The summed E-state index contributed by atoms with van der Waals surface area (Å²) in [5, 5.41) is 2.32. The van der Waals surface area contributed by atoms with Gasteiger partial charge in [0.05, 0.1) is 11.2 Å². The van der Waals surface area contributed by atoms with Gasteiger partial charge in [-0.25, -0.2) is 0 Å². The molecule has 0 radical (unpaired) electrons. The van der Waals surface area contributed by atoms with Crippen molar-refractivity contribution < 1.29 is 9.31 Å². The van der Waals surface area contributed by atoms with Crippen molar-refractivity contribution in [1.82, 2.24) is 0 Å². The number of fused-ring (bicyclic) bond motifs is 1. The molecule has 0 bridgehead atoms. The highest BCUT2D eigenvalue weighted by molar-refractivity contribution is 9.10. The normalized spacial score (nSPS) is 18.0. The number of hydrogen-bond donors (Lipinski definition) is 0. The molecule has 1 aliphatic heterocycles. The van der Waals surface area contributed by atoms with Gasteiger partial charge in [0.15, 0.2) is 0 Å². The zero-order valence-electron chi connectivity index (χ0n) is 21.4. The Labute approximate surface area is 205 Å². The Morgan fingerprint density at radius 1 is 0.875 bits per heavy atom. The first-order chi connectivity index (χ1) is 14.7. The van der Waals surface area contributed by atoms with E-state index in [2.05, 4.69) is 127 Å². The summed E-state index contributed by atoms with van der Waals surface area (Å²) in [6, 6.07) is 10.7. The van der Waals surface area contributed by atoms with Crippen molar-refractivity contribution in [2.75, 3.05) is 0 Å². The van der Waals surface area contributed by atoms with Crippen LogP contribution in [0.1, 0.15) is 74.8 Å². The van der Waals surface area contributed by atoms with E-state index >= 15 is 0 Å².